The van der Waals surface area contributed by atoms with Gasteiger partial charge in [0.15, 0.2) is 17.3 Å². The van der Waals surface area contributed by atoms with Crippen LogP contribution in [0.5, 0.6) is 0 Å². The van der Waals surface area contributed by atoms with Crippen molar-refractivity contribution in [3.63, 3.8) is 0 Å². The summed E-state index contributed by atoms with van der Waals surface area (Å²) in [5.74, 6) is -3.32. The molecule has 0 unspecified atom stereocenters. The van der Waals surface area contributed by atoms with Gasteiger partial charge < -0.3 is 15.4 Å². The molecule has 1 amide bonds. The Kier molecular flexibility index (Phi) is 7.16. The molecule has 0 bridgehead atoms. The molecule has 0 radical (unpaired) electrons. The van der Waals surface area contributed by atoms with Crippen molar-refractivity contribution in [1.82, 2.24) is 9.55 Å². The average molecular weight is 444 g/mol. The quantitative estimate of drug-likeness (QED) is 0.517. The Morgan fingerprint density at radius 2 is 1.84 bits per heavy atom. The molecule has 3 N–H and O–H groups in total. The lowest BCUT2D eigenvalue weighted by atomic mass is 10.1. The van der Waals surface area contributed by atoms with Crippen molar-refractivity contribution < 1.29 is 18.3 Å². The van der Waals surface area contributed by atoms with Crippen molar-refractivity contribution in [1.29, 1.82) is 0 Å². The van der Waals surface area contributed by atoms with E-state index in [1.165, 1.54) is 7.11 Å². The number of H-pyrrole nitrogens is 1. The van der Waals surface area contributed by atoms with Crippen molar-refractivity contribution in [2.75, 3.05) is 30.9 Å². The van der Waals surface area contributed by atoms with Crippen LogP contribution < -0.4 is 21.9 Å². The Balaban J connectivity index is 2.10. The van der Waals surface area contributed by atoms with Gasteiger partial charge in [0.25, 0.3) is 11.5 Å². The molecule has 0 saturated carbocycles. The minimum atomic E-state index is -1.20. The van der Waals surface area contributed by atoms with Crippen LogP contribution in [-0.2, 0) is 11.3 Å². The molecule has 1 aromatic heterocycles. The van der Waals surface area contributed by atoms with Gasteiger partial charge in [0.2, 0.25) is 0 Å². The summed E-state index contributed by atoms with van der Waals surface area (Å²) in [4.78, 5) is 41.5. The van der Waals surface area contributed by atoms with Crippen molar-refractivity contribution in [3.05, 3.63) is 92.1 Å². The number of rotatable bonds is 8. The van der Waals surface area contributed by atoms with Crippen molar-refractivity contribution in [2.24, 2.45) is 0 Å². The number of halogens is 2. The zero-order valence-corrected chi connectivity index (χ0v) is 17.3. The summed E-state index contributed by atoms with van der Waals surface area (Å²) in [5, 5.41) is 0. The van der Waals surface area contributed by atoms with Crippen LogP contribution >= 0.6 is 0 Å². The number of methoxy groups -OCH3 is 1. The van der Waals surface area contributed by atoms with Crippen molar-refractivity contribution >= 4 is 17.4 Å². The summed E-state index contributed by atoms with van der Waals surface area (Å²) < 4.78 is 33.2. The number of aromatic amines is 1. The molecule has 3 rings (SSSR count). The first-order valence-electron chi connectivity index (χ1n) is 9.76. The zero-order chi connectivity index (χ0) is 23.3. The summed E-state index contributed by atoms with van der Waals surface area (Å²) in [6.07, 6.45) is 0.322. The van der Waals surface area contributed by atoms with Crippen LogP contribution in [0, 0.1) is 11.6 Å². The van der Waals surface area contributed by atoms with Crippen molar-refractivity contribution in [3.8, 4) is 0 Å². The van der Waals surface area contributed by atoms with E-state index in [4.69, 9.17) is 10.5 Å². The second-order valence-corrected chi connectivity index (χ2v) is 7.00. The maximum Gasteiger partial charge on any atom is 0.330 e. The lowest BCUT2D eigenvalue weighted by Crippen LogP contribution is -2.42. The second kappa shape index (κ2) is 10.0. The van der Waals surface area contributed by atoms with E-state index < -0.39 is 28.8 Å². The van der Waals surface area contributed by atoms with E-state index in [1.807, 2.05) is 6.07 Å². The minimum absolute atomic E-state index is 0.0114. The normalized spacial score (nSPS) is 10.8. The fraction of sp³-hybridized carbons (Fsp3) is 0.227. The highest BCUT2D eigenvalue weighted by Gasteiger charge is 2.26. The SMILES string of the molecule is COCCCN(C(=O)c1ccc(F)c(F)c1)c1c(N)n(Cc2ccccc2)c(=O)[nH]c1=O. The van der Waals surface area contributed by atoms with Crippen LogP contribution in [0.4, 0.5) is 20.3 Å². The van der Waals surface area contributed by atoms with Gasteiger partial charge in [0.1, 0.15) is 5.82 Å². The molecule has 0 saturated heterocycles. The van der Waals surface area contributed by atoms with Gasteiger partial charge in [0.05, 0.1) is 6.54 Å². The van der Waals surface area contributed by atoms with Crippen LogP contribution in [0.25, 0.3) is 0 Å². The van der Waals surface area contributed by atoms with E-state index in [0.29, 0.717) is 6.42 Å². The van der Waals surface area contributed by atoms with E-state index >= 15 is 0 Å². The molecule has 1 heterocycles. The summed E-state index contributed by atoms with van der Waals surface area (Å²) in [7, 11) is 1.47. The molecule has 0 spiro atoms. The van der Waals surface area contributed by atoms with E-state index in [9.17, 15) is 23.2 Å². The molecule has 10 heteroatoms. The third-order valence-electron chi connectivity index (χ3n) is 4.81. The number of nitrogens with two attached hydrogens (primary N) is 1. The van der Waals surface area contributed by atoms with Crippen LogP contribution in [0.15, 0.2) is 58.1 Å². The molecular formula is C22H22F2N4O4. The molecular weight excluding hydrogens is 422 g/mol. The number of carbonyl (C=O) groups is 1. The molecule has 0 aliphatic heterocycles. The number of carbonyl (C=O) groups excluding carboxylic acids is 1. The number of hydrogen-bond acceptors (Lipinski definition) is 5. The lowest BCUT2D eigenvalue weighted by Gasteiger charge is -2.24. The van der Waals surface area contributed by atoms with Gasteiger partial charge in [-0.15, -0.1) is 0 Å². The van der Waals surface area contributed by atoms with E-state index in [-0.39, 0.29) is 36.8 Å². The Labute approximate surface area is 181 Å². The monoisotopic (exact) mass is 444 g/mol. The maximum atomic E-state index is 13.7. The minimum Gasteiger partial charge on any atom is -0.385 e. The highest BCUT2D eigenvalue weighted by molar-refractivity contribution is 6.07. The zero-order valence-electron chi connectivity index (χ0n) is 17.3. The number of nitrogens with zero attached hydrogens (tertiary/aromatic N) is 2. The number of anilines is 2. The van der Waals surface area contributed by atoms with Gasteiger partial charge in [-0.05, 0) is 30.2 Å². The number of nitrogen functional groups attached to an aromatic ring is 1. The van der Waals surface area contributed by atoms with Gasteiger partial charge in [-0.25, -0.2) is 13.6 Å². The maximum absolute atomic E-state index is 13.7. The van der Waals surface area contributed by atoms with Crippen molar-refractivity contribution in [2.45, 2.75) is 13.0 Å². The number of ether oxygens (including phenoxy) is 1. The Morgan fingerprint density at radius 1 is 1.12 bits per heavy atom. The molecule has 3 aromatic rings. The van der Waals surface area contributed by atoms with Crippen LogP contribution in [0.1, 0.15) is 22.3 Å². The molecule has 0 fully saturated rings. The lowest BCUT2D eigenvalue weighted by molar-refractivity contribution is 0.0982. The molecule has 8 nitrogen and oxygen atoms in total. The molecule has 32 heavy (non-hydrogen) atoms. The first-order valence-corrected chi connectivity index (χ1v) is 9.76. The second-order valence-electron chi connectivity index (χ2n) is 7.00. The standard InChI is InChI=1S/C22H22F2N4O4/c1-32-11-5-10-27(21(30)15-8-9-16(23)17(24)12-15)18-19(25)28(22(31)26-20(18)29)13-14-6-3-2-4-7-14/h2-4,6-9,12H,5,10-11,13,25H2,1H3,(H,26,29,31). The van der Waals surface area contributed by atoms with Gasteiger partial charge in [-0.3, -0.25) is 19.1 Å². The van der Waals surface area contributed by atoms with Gasteiger partial charge in [-0.1, -0.05) is 30.3 Å². The van der Waals surface area contributed by atoms with Gasteiger partial charge in [-0.2, -0.15) is 0 Å². The largest absolute Gasteiger partial charge is 0.385 e. The molecule has 168 valence electrons. The highest BCUT2D eigenvalue weighted by Crippen LogP contribution is 2.21. The third-order valence-corrected chi connectivity index (χ3v) is 4.81. The summed E-state index contributed by atoms with van der Waals surface area (Å²) in [6.45, 7) is 0.312. The highest BCUT2D eigenvalue weighted by atomic mass is 19.2. The first-order chi connectivity index (χ1) is 15.3. The third kappa shape index (κ3) is 4.92. The summed E-state index contributed by atoms with van der Waals surface area (Å²) >= 11 is 0. The number of hydrogen-bond donors (Lipinski definition) is 2. The average Bonchev–Trinajstić information content (AvgIpc) is 2.77. The molecule has 0 atom stereocenters. The topological polar surface area (TPSA) is 110 Å². The predicted molar refractivity (Wildman–Crippen MR) is 116 cm³/mol. The first kappa shape index (κ1) is 22.9. The van der Waals surface area contributed by atoms with Crippen LogP contribution in [-0.4, -0.2) is 35.7 Å². The number of benzene rings is 2. The Hall–Kier alpha value is -3.79. The number of aromatic nitrogens is 2. The Morgan fingerprint density at radius 3 is 2.50 bits per heavy atom. The summed E-state index contributed by atoms with van der Waals surface area (Å²) in [5.41, 5.74) is 4.89. The van der Waals surface area contributed by atoms with Crippen LogP contribution in [0.2, 0.25) is 0 Å². The van der Waals surface area contributed by atoms with E-state index in [0.717, 1.165) is 33.2 Å². The van der Waals surface area contributed by atoms with Gasteiger partial charge >= 0.3 is 5.69 Å². The Bertz CT molecular complexity index is 1220. The van der Waals surface area contributed by atoms with E-state index in [2.05, 4.69) is 4.98 Å². The fourth-order valence-corrected chi connectivity index (χ4v) is 3.23. The van der Waals surface area contributed by atoms with E-state index in [1.54, 1.807) is 24.3 Å². The number of nitrogens with one attached hydrogen (secondary N) is 1. The summed E-state index contributed by atoms with van der Waals surface area (Å²) in [6, 6.07) is 11.6. The smallest absolute Gasteiger partial charge is 0.330 e. The molecule has 2 aromatic carbocycles. The number of amides is 1. The molecule has 0 aliphatic carbocycles. The predicted octanol–water partition coefficient (Wildman–Crippen LogP) is 2.13. The van der Waals surface area contributed by atoms with Gasteiger partial charge in [0, 0.05) is 25.8 Å². The fourth-order valence-electron chi connectivity index (χ4n) is 3.23. The van der Waals surface area contributed by atoms with Crippen LogP contribution in [0.3, 0.4) is 0 Å². The molecule has 0 aliphatic rings.